The van der Waals surface area contributed by atoms with E-state index in [1.807, 2.05) is 0 Å². The van der Waals surface area contributed by atoms with Crippen molar-refractivity contribution in [3.8, 4) is 12.1 Å². The van der Waals surface area contributed by atoms with Gasteiger partial charge in [-0.2, -0.15) is 10.5 Å². The maximum absolute atomic E-state index is 11.7. The van der Waals surface area contributed by atoms with Crippen LogP contribution in [0.3, 0.4) is 0 Å². The van der Waals surface area contributed by atoms with Gasteiger partial charge in [-0.25, -0.2) is 0 Å². The Hall–Kier alpha value is -2.79. The zero-order valence-corrected chi connectivity index (χ0v) is 10.8. The van der Waals surface area contributed by atoms with Crippen molar-refractivity contribution in [2.24, 2.45) is 5.92 Å². The lowest BCUT2D eigenvalue weighted by molar-refractivity contribution is -0.118. The second-order valence-electron chi connectivity index (χ2n) is 4.12. The molecule has 0 aliphatic heterocycles. The van der Waals surface area contributed by atoms with Gasteiger partial charge in [-0.1, -0.05) is 26.0 Å². The minimum absolute atomic E-state index is 0.0370. The third-order valence-electron chi connectivity index (χ3n) is 2.32. The fourth-order valence-corrected chi connectivity index (χ4v) is 1.23. The van der Waals surface area contributed by atoms with Crippen LogP contribution in [0, 0.1) is 28.6 Å². The molecule has 0 aromatic heterocycles. The first-order chi connectivity index (χ1) is 9.08. The quantitative estimate of drug-likeness (QED) is 0.808. The molecule has 0 atom stereocenters. The molecule has 96 valence electrons. The first-order valence-electron chi connectivity index (χ1n) is 5.75. The summed E-state index contributed by atoms with van der Waals surface area (Å²) in [6.45, 7) is 3.60. The zero-order chi connectivity index (χ0) is 14.3. The summed E-state index contributed by atoms with van der Waals surface area (Å²) in [7, 11) is 0. The fourth-order valence-electron chi connectivity index (χ4n) is 1.23. The number of para-hydroxylation sites is 2. The SMILES string of the molecule is CC(C)C(=O)Nc1ccccc1NC=C(C#N)C#N. The predicted molar refractivity (Wildman–Crippen MR) is 72.8 cm³/mol. The van der Waals surface area contributed by atoms with Crippen LogP contribution < -0.4 is 10.6 Å². The summed E-state index contributed by atoms with van der Waals surface area (Å²) in [6, 6.07) is 10.6. The van der Waals surface area contributed by atoms with E-state index in [0.29, 0.717) is 11.4 Å². The number of nitrogens with one attached hydrogen (secondary N) is 2. The Balaban J connectivity index is 2.92. The van der Waals surface area contributed by atoms with Crippen molar-refractivity contribution in [1.29, 1.82) is 10.5 Å². The highest BCUT2D eigenvalue weighted by molar-refractivity contribution is 5.95. The zero-order valence-electron chi connectivity index (χ0n) is 10.8. The second kappa shape index (κ2) is 6.83. The van der Waals surface area contributed by atoms with Crippen LogP contribution in [0.25, 0.3) is 0 Å². The van der Waals surface area contributed by atoms with E-state index < -0.39 is 0 Å². The van der Waals surface area contributed by atoms with E-state index in [-0.39, 0.29) is 17.4 Å². The summed E-state index contributed by atoms with van der Waals surface area (Å²) in [6.07, 6.45) is 1.31. The van der Waals surface area contributed by atoms with Gasteiger partial charge in [0.2, 0.25) is 5.91 Å². The minimum atomic E-state index is -0.127. The molecule has 0 aliphatic carbocycles. The van der Waals surface area contributed by atoms with Gasteiger partial charge in [0, 0.05) is 12.1 Å². The average molecular weight is 254 g/mol. The third-order valence-corrected chi connectivity index (χ3v) is 2.32. The highest BCUT2D eigenvalue weighted by Gasteiger charge is 2.09. The molecule has 1 aromatic rings. The van der Waals surface area contributed by atoms with Crippen molar-refractivity contribution in [2.45, 2.75) is 13.8 Å². The van der Waals surface area contributed by atoms with Crippen molar-refractivity contribution in [1.82, 2.24) is 0 Å². The molecular formula is C14H14N4O. The van der Waals surface area contributed by atoms with Gasteiger partial charge in [-0.05, 0) is 12.1 Å². The highest BCUT2D eigenvalue weighted by atomic mass is 16.1. The van der Waals surface area contributed by atoms with Crippen LogP contribution in [-0.4, -0.2) is 5.91 Å². The molecule has 5 heteroatoms. The monoisotopic (exact) mass is 254 g/mol. The Morgan fingerprint density at radius 1 is 1.21 bits per heavy atom. The predicted octanol–water partition coefficient (Wildman–Crippen LogP) is 2.62. The smallest absolute Gasteiger partial charge is 0.226 e. The van der Waals surface area contributed by atoms with Crippen molar-refractivity contribution in [2.75, 3.05) is 10.6 Å². The van der Waals surface area contributed by atoms with Crippen LogP contribution in [0.1, 0.15) is 13.8 Å². The van der Waals surface area contributed by atoms with E-state index in [1.54, 1.807) is 50.3 Å². The maximum atomic E-state index is 11.7. The number of rotatable bonds is 4. The van der Waals surface area contributed by atoms with E-state index in [9.17, 15) is 4.79 Å². The molecule has 0 saturated carbocycles. The largest absolute Gasteiger partial charge is 0.358 e. The van der Waals surface area contributed by atoms with Crippen molar-refractivity contribution >= 4 is 17.3 Å². The molecule has 1 rings (SSSR count). The first-order valence-corrected chi connectivity index (χ1v) is 5.75. The van der Waals surface area contributed by atoms with E-state index in [0.717, 1.165) is 0 Å². The molecule has 1 aromatic carbocycles. The molecule has 1 amide bonds. The molecular weight excluding hydrogens is 240 g/mol. The molecule has 19 heavy (non-hydrogen) atoms. The van der Waals surface area contributed by atoms with E-state index in [1.165, 1.54) is 6.20 Å². The molecule has 0 unspecified atom stereocenters. The third kappa shape index (κ3) is 4.18. The number of nitrogens with zero attached hydrogens (tertiary/aromatic N) is 2. The summed E-state index contributed by atoms with van der Waals surface area (Å²) >= 11 is 0. The summed E-state index contributed by atoms with van der Waals surface area (Å²) in [5.74, 6) is -0.226. The van der Waals surface area contributed by atoms with E-state index in [4.69, 9.17) is 10.5 Å². The van der Waals surface area contributed by atoms with Crippen LogP contribution in [0.2, 0.25) is 0 Å². The molecule has 5 nitrogen and oxygen atoms in total. The van der Waals surface area contributed by atoms with Gasteiger partial charge in [0.05, 0.1) is 11.4 Å². The van der Waals surface area contributed by atoms with Crippen LogP contribution >= 0.6 is 0 Å². The van der Waals surface area contributed by atoms with Gasteiger partial charge in [-0.3, -0.25) is 4.79 Å². The molecule has 0 saturated heterocycles. The molecule has 0 fully saturated rings. The number of anilines is 2. The molecule has 0 spiro atoms. The topological polar surface area (TPSA) is 88.7 Å². The number of hydrogen-bond acceptors (Lipinski definition) is 4. The van der Waals surface area contributed by atoms with Gasteiger partial charge in [0.25, 0.3) is 0 Å². The summed E-state index contributed by atoms with van der Waals surface area (Å²) in [4.78, 5) is 11.7. The lowest BCUT2D eigenvalue weighted by Crippen LogP contribution is -2.18. The first kappa shape index (κ1) is 14.3. The maximum Gasteiger partial charge on any atom is 0.226 e. The van der Waals surface area contributed by atoms with Gasteiger partial charge in [-0.15, -0.1) is 0 Å². The Bertz CT molecular complexity index is 560. The Labute approximate surface area is 112 Å². The van der Waals surface area contributed by atoms with Gasteiger partial charge in [0.1, 0.15) is 17.7 Å². The number of carbonyl (C=O) groups excluding carboxylic acids is 1. The molecule has 0 radical (unpaired) electrons. The van der Waals surface area contributed by atoms with E-state index >= 15 is 0 Å². The summed E-state index contributed by atoms with van der Waals surface area (Å²) < 4.78 is 0. The van der Waals surface area contributed by atoms with Crippen molar-refractivity contribution in [3.63, 3.8) is 0 Å². The van der Waals surface area contributed by atoms with Gasteiger partial charge >= 0.3 is 0 Å². The normalized spacial score (nSPS) is 9.11. The van der Waals surface area contributed by atoms with Crippen LogP contribution in [-0.2, 0) is 4.79 Å². The minimum Gasteiger partial charge on any atom is -0.358 e. The van der Waals surface area contributed by atoms with Gasteiger partial charge in [0.15, 0.2) is 0 Å². The van der Waals surface area contributed by atoms with Crippen molar-refractivity contribution < 1.29 is 4.79 Å². The number of amides is 1. The number of benzene rings is 1. The summed E-state index contributed by atoms with van der Waals surface area (Å²) in [5.41, 5.74) is 1.19. The lowest BCUT2D eigenvalue weighted by Gasteiger charge is -2.12. The number of carbonyl (C=O) groups is 1. The standard InChI is InChI=1S/C14H14N4O/c1-10(2)14(19)18-13-6-4-3-5-12(13)17-9-11(7-15)8-16/h3-6,9-10,17H,1-2H3,(H,18,19). The van der Waals surface area contributed by atoms with E-state index in [2.05, 4.69) is 10.6 Å². The van der Waals surface area contributed by atoms with Gasteiger partial charge < -0.3 is 10.6 Å². The summed E-state index contributed by atoms with van der Waals surface area (Å²) in [5, 5.41) is 22.9. The fraction of sp³-hybridized carbons (Fsp3) is 0.214. The number of allylic oxidation sites excluding steroid dienone is 1. The number of nitriles is 2. The second-order valence-corrected chi connectivity index (χ2v) is 4.12. The van der Waals surface area contributed by atoms with Crippen LogP contribution in [0.15, 0.2) is 36.0 Å². The van der Waals surface area contributed by atoms with Crippen LogP contribution in [0.5, 0.6) is 0 Å². The van der Waals surface area contributed by atoms with Crippen molar-refractivity contribution in [3.05, 3.63) is 36.0 Å². The van der Waals surface area contributed by atoms with Crippen LogP contribution in [0.4, 0.5) is 11.4 Å². The Morgan fingerprint density at radius 2 is 1.79 bits per heavy atom. The average Bonchev–Trinajstić information content (AvgIpc) is 2.41. The molecule has 0 aliphatic rings. The Kier molecular flexibility index (Phi) is 5.13. The molecule has 0 heterocycles. The highest BCUT2D eigenvalue weighted by Crippen LogP contribution is 2.21. The Morgan fingerprint density at radius 3 is 2.32 bits per heavy atom. The number of hydrogen-bond donors (Lipinski definition) is 2. The molecule has 0 bridgehead atoms. The lowest BCUT2D eigenvalue weighted by atomic mass is 10.2. The molecule has 2 N–H and O–H groups in total.